The highest BCUT2D eigenvalue weighted by Gasteiger charge is 2.23. The highest BCUT2D eigenvalue weighted by Crippen LogP contribution is 2.43. The Morgan fingerprint density at radius 1 is 0.750 bits per heavy atom. The zero-order valence-corrected chi connectivity index (χ0v) is 25.8. The molecule has 0 saturated carbocycles. The Bertz CT molecular complexity index is 562. The average molecular weight is 533 g/mol. The number of ketones is 1. The third-order valence-corrected chi connectivity index (χ3v) is 8.59. The topological polar surface area (TPSA) is 63.6 Å². The van der Waals surface area contributed by atoms with E-state index in [1.807, 2.05) is 6.92 Å². The van der Waals surface area contributed by atoms with Crippen LogP contribution in [-0.4, -0.2) is 55.6 Å². The zero-order chi connectivity index (χ0) is 27.1. The maximum atomic E-state index is 12.4. The molecule has 1 N–H and O–H groups in total. The molecule has 0 bridgehead atoms. The third kappa shape index (κ3) is 25.4. The minimum absolute atomic E-state index is 0.0583. The summed E-state index contributed by atoms with van der Waals surface area (Å²) in [6.07, 6.45) is 24.3. The van der Waals surface area contributed by atoms with Gasteiger partial charge in [0, 0.05) is 19.3 Å². The fourth-order valence-corrected chi connectivity index (χ4v) is 5.84. The Morgan fingerprint density at radius 3 is 1.61 bits per heavy atom. The summed E-state index contributed by atoms with van der Waals surface area (Å²) in [5.74, 6) is 0.279. The molecule has 216 valence electrons. The molecule has 0 aromatic carbocycles. The van der Waals surface area contributed by atoms with Crippen molar-refractivity contribution in [2.24, 2.45) is 5.92 Å². The standard InChI is InChI=1S/C30H62NO4P/c1-6-8-9-10-11-12-13-14-15-16-17-18-19-20-21-22-24-29(27-30(32)7-2)28-35-36(33,34)26-23-25-31(3,4)5/h29H,6-28H2,1-5H3/p+1. The molecule has 0 heterocycles. The summed E-state index contributed by atoms with van der Waals surface area (Å²) in [5.41, 5.74) is 0. The number of nitrogens with zero attached hydrogens (tertiary/aromatic N) is 1. The fourth-order valence-electron chi connectivity index (χ4n) is 4.72. The van der Waals surface area contributed by atoms with Crippen LogP contribution in [0.1, 0.15) is 142 Å². The first-order chi connectivity index (χ1) is 17.1. The molecule has 2 atom stereocenters. The van der Waals surface area contributed by atoms with Crippen LogP contribution in [0, 0.1) is 5.92 Å². The first kappa shape index (κ1) is 35.8. The van der Waals surface area contributed by atoms with Gasteiger partial charge in [0.15, 0.2) is 0 Å². The number of quaternary nitrogens is 1. The van der Waals surface area contributed by atoms with Crippen molar-refractivity contribution in [3.63, 3.8) is 0 Å². The normalized spacial score (nSPS) is 14.6. The van der Waals surface area contributed by atoms with Gasteiger partial charge in [-0.3, -0.25) is 9.36 Å². The molecule has 0 aromatic heterocycles. The zero-order valence-electron chi connectivity index (χ0n) is 24.9. The molecule has 0 aliphatic heterocycles. The van der Waals surface area contributed by atoms with Gasteiger partial charge in [0.2, 0.25) is 0 Å². The van der Waals surface area contributed by atoms with Crippen molar-refractivity contribution in [1.29, 1.82) is 0 Å². The highest BCUT2D eigenvalue weighted by molar-refractivity contribution is 7.52. The number of rotatable bonds is 27. The number of carbonyl (C=O) groups excluding carboxylic acids is 1. The lowest BCUT2D eigenvalue weighted by molar-refractivity contribution is -0.870. The van der Waals surface area contributed by atoms with Crippen molar-refractivity contribution in [3.05, 3.63) is 0 Å². The van der Waals surface area contributed by atoms with Gasteiger partial charge in [0.1, 0.15) is 5.78 Å². The van der Waals surface area contributed by atoms with Crippen LogP contribution >= 0.6 is 7.60 Å². The molecule has 36 heavy (non-hydrogen) atoms. The molecule has 0 rings (SSSR count). The minimum atomic E-state index is -3.58. The lowest BCUT2D eigenvalue weighted by atomic mass is 9.95. The predicted molar refractivity (Wildman–Crippen MR) is 156 cm³/mol. The van der Waals surface area contributed by atoms with Gasteiger partial charge in [-0.1, -0.05) is 117 Å². The van der Waals surface area contributed by atoms with Gasteiger partial charge in [0.25, 0.3) is 0 Å². The Morgan fingerprint density at radius 2 is 1.19 bits per heavy atom. The quantitative estimate of drug-likeness (QED) is 0.0651. The van der Waals surface area contributed by atoms with E-state index < -0.39 is 7.60 Å². The van der Waals surface area contributed by atoms with Crippen molar-refractivity contribution < 1.29 is 23.3 Å². The van der Waals surface area contributed by atoms with Gasteiger partial charge in [-0.05, 0) is 12.3 Å². The summed E-state index contributed by atoms with van der Waals surface area (Å²) >= 11 is 0. The molecule has 0 fully saturated rings. The van der Waals surface area contributed by atoms with Crippen molar-refractivity contribution in [2.75, 3.05) is 40.5 Å². The third-order valence-electron chi connectivity index (χ3n) is 7.16. The van der Waals surface area contributed by atoms with Crippen LogP contribution in [-0.2, 0) is 13.9 Å². The minimum Gasteiger partial charge on any atom is -0.331 e. The van der Waals surface area contributed by atoms with Gasteiger partial charge in [0.05, 0.1) is 40.5 Å². The van der Waals surface area contributed by atoms with Gasteiger partial charge >= 0.3 is 7.60 Å². The lowest BCUT2D eigenvalue weighted by Crippen LogP contribution is -2.35. The Kier molecular flexibility index (Phi) is 22.6. The molecule has 0 saturated heterocycles. The first-order valence-corrected chi connectivity index (χ1v) is 17.1. The summed E-state index contributed by atoms with van der Waals surface area (Å²) in [6.45, 7) is 5.23. The average Bonchev–Trinajstić information content (AvgIpc) is 2.81. The van der Waals surface area contributed by atoms with Gasteiger partial charge < -0.3 is 13.9 Å². The van der Waals surface area contributed by atoms with E-state index in [2.05, 4.69) is 28.1 Å². The van der Waals surface area contributed by atoms with E-state index in [0.717, 1.165) is 23.9 Å². The van der Waals surface area contributed by atoms with Crippen molar-refractivity contribution in [2.45, 2.75) is 142 Å². The second-order valence-corrected chi connectivity index (χ2v) is 14.1. The predicted octanol–water partition coefficient (Wildman–Crippen LogP) is 8.92. The smallest absolute Gasteiger partial charge is 0.328 e. The Labute approximate surface area is 225 Å². The van der Waals surface area contributed by atoms with E-state index >= 15 is 0 Å². The second kappa shape index (κ2) is 22.7. The van der Waals surface area contributed by atoms with E-state index in [1.54, 1.807) is 0 Å². The fraction of sp³-hybridized carbons (Fsp3) is 0.967. The van der Waals surface area contributed by atoms with Crippen molar-refractivity contribution in [1.82, 2.24) is 0 Å². The van der Waals surface area contributed by atoms with E-state index in [-0.39, 0.29) is 24.5 Å². The van der Waals surface area contributed by atoms with Crippen molar-refractivity contribution >= 4 is 13.4 Å². The van der Waals surface area contributed by atoms with Gasteiger partial charge in [-0.2, -0.15) is 0 Å². The first-order valence-electron chi connectivity index (χ1n) is 15.4. The Balaban J connectivity index is 3.88. The SMILES string of the molecule is CCCCCCCCCCCCCCCCCCC(COP(=O)(O)CCC[N+](C)(C)C)CC(=O)CC. The summed E-state index contributed by atoms with van der Waals surface area (Å²) in [7, 11) is 2.65. The van der Waals surface area contributed by atoms with Crippen LogP contribution in [0.3, 0.4) is 0 Å². The summed E-state index contributed by atoms with van der Waals surface area (Å²) in [5, 5.41) is 0. The molecule has 6 heteroatoms. The Hall–Kier alpha value is -0.220. The van der Waals surface area contributed by atoms with E-state index in [0.29, 0.717) is 19.3 Å². The molecule has 2 unspecified atom stereocenters. The number of unbranched alkanes of at least 4 members (excludes halogenated alkanes) is 15. The second-order valence-electron chi connectivity index (χ2n) is 12.1. The largest absolute Gasteiger partial charge is 0.331 e. The summed E-state index contributed by atoms with van der Waals surface area (Å²) in [6, 6.07) is 0. The number of carbonyl (C=O) groups is 1. The van der Waals surface area contributed by atoms with Crippen molar-refractivity contribution in [3.8, 4) is 0 Å². The molecular weight excluding hydrogens is 469 g/mol. The molecule has 0 aliphatic rings. The molecule has 0 amide bonds. The maximum absolute atomic E-state index is 12.4. The molecule has 0 radical (unpaired) electrons. The van der Waals surface area contributed by atoms with Crippen LogP contribution in [0.5, 0.6) is 0 Å². The monoisotopic (exact) mass is 532 g/mol. The highest BCUT2D eigenvalue weighted by atomic mass is 31.2. The number of hydrogen-bond acceptors (Lipinski definition) is 3. The van der Waals surface area contributed by atoms with Crippen LogP contribution in [0.4, 0.5) is 0 Å². The van der Waals surface area contributed by atoms with E-state index in [9.17, 15) is 14.3 Å². The maximum Gasteiger partial charge on any atom is 0.328 e. The van der Waals surface area contributed by atoms with Gasteiger partial charge in [-0.15, -0.1) is 0 Å². The molecule has 0 aromatic rings. The number of hydrogen-bond donors (Lipinski definition) is 1. The van der Waals surface area contributed by atoms with E-state index in [1.165, 1.54) is 96.3 Å². The van der Waals surface area contributed by atoms with Crippen LogP contribution in [0.15, 0.2) is 0 Å². The van der Waals surface area contributed by atoms with Crippen LogP contribution in [0.25, 0.3) is 0 Å². The molecule has 0 spiro atoms. The van der Waals surface area contributed by atoms with Crippen LogP contribution in [0.2, 0.25) is 0 Å². The molecule has 0 aliphatic carbocycles. The van der Waals surface area contributed by atoms with Crippen LogP contribution < -0.4 is 0 Å². The van der Waals surface area contributed by atoms with E-state index in [4.69, 9.17) is 4.52 Å². The molecule has 5 nitrogen and oxygen atoms in total. The molecular formula is C30H63NO4P+. The summed E-state index contributed by atoms with van der Waals surface area (Å²) in [4.78, 5) is 22.2. The van der Waals surface area contributed by atoms with Gasteiger partial charge in [-0.25, -0.2) is 0 Å². The lowest BCUT2D eigenvalue weighted by Gasteiger charge is -2.24. The summed E-state index contributed by atoms with van der Waals surface area (Å²) < 4.78 is 18.7. The number of Topliss-reactive ketones (excluding diaryl/α,β-unsaturated/α-hetero) is 1.